The van der Waals surface area contributed by atoms with Crippen molar-refractivity contribution < 1.29 is 4.79 Å². The molecule has 1 amide bonds. The average Bonchev–Trinajstić information content (AvgIpc) is 2.97. The number of nitrogens with one attached hydrogen (secondary N) is 1. The number of hydrogen-bond acceptors (Lipinski definition) is 3. The summed E-state index contributed by atoms with van der Waals surface area (Å²) < 4.78 is 0.858. The number of hydrogen-bond donors (Lipinski definition) is 2. The molecule has 90 valence electrons. The maximum absolute atomic E-state index is 11.8. The summed E-state index contributed by atoms with van der Waals surface area (Å²) >= 11 is 4.79. The Balaban J connectivity index is 0.00000128. The van der Waals surface area contributed by atoms with E-state index in [1.807, 2.05) is 11.4 Å². The van der Waals surface area contributed by atoms with Gasteiger partial charge >= 0.3 is 0 Å². The quantitative estimate of drug-likeness (QED) is 0.893. The van der Waals surface area contributed by atoms with Crippen LogP contribution in [-0.4, -0.2) is 18.5 Å². The predicted octanol–water partition coefficient (Wildman–Crippen LogP) is 2.40. The first kappa shape index (κ1) is 14.0. The molecule has 1 unspecified atom stereocenters. The highest BCUT2D eigenvalue weighted by molar-refractivity contribution is 9.10. The molecule has 16 heavy (non-hydrogen) atoms. The molecular formula is C10H14BrClN2OS. The van der Waals surface area contributed by atoms with E-state index in [0.717, 1.165) is 9.35 Å². The Kier molecular flexibility index (Phi) is 5.24. The highest BCUT2D eigenvalue weighted by Gasteiger charge is 2.31. The molecule has 1 aromatic rings. The molecule has 1 atom stereocenters. The zero-order chi connectivity index (χ0) is 10.8. The molecule has 0 radical (unpaired) electrons. The van der Waals surface area contributed by atoms with E-state index in [2.05, 4.69) is 21.2 Å². The van der Waals surface area contributed by atoms with E-state index >= 15 is 0 Å². The van der Waals surface area contributed by atoms with Gasteiger partial charge in [-0.2, -0.15) is 0 Å². The fourth-order valence-corrected chi connectivity index (χ4v) is 3.01. The van der Waals surface area contributed by atoms with E-state index in [1.165, 1.54) is 24.2 Å². The van der Waals surface area contributed by atoms with Crippen LogP contribution in [-0.2, 0) is 0 Å². The fraction of sp³-hybridized carbons (Fsp3) is 0.500. The lowest BCUT2D eigenvalue weighted by Gasteiger charge is -2.15. The molecule has 0 saturated heterocycles. The van der Waals surface area contributed by atoms with Crippen molar-refractivity contribution in [2.45, 2.75) is 18.9 Å². The minimum Gasteiger partial charge on any atom is -0.347 e. The monoisotopic (exact) mass is 324 g/mol. The van der Waals surface area contributed by atoms with Crippen molar-refractivity contribution in [1.82, 2.24) is 5.32 Å². The van der Waals surface area contributed by atoms with Crippen LogP contribution >= 0.6 is 39.7 Å². The van der Waals surface area contributed by atoms with Crippen molar-refractivity contribution in [3.05, 3.63) is 20.8 Å². The van der Waals surface area contributed by atoms with Crippen LogP contribution < -0.4 is 11.1 Å². The van der Waals surface area contributed by atoms with Gasteiger partial charge in [-0.15, -0.1) is 23.7 Å². The van der Waals surface area contributed by atoms with Crippen molar-refractivity contribution >= 4 is 45.6 Å². The third-order valence-electron chi connectivity index (χ3n) is 2.58. The van der Waals surface area contributed by atoms with Gasteiger partial charge in [0.05, 0.1) is 0 Å². The summed E-state index contributed by atoms with van der Waals surface area (Å²) in [6.07, 6.45) is 2.38. The van der Waals surface area contributed by atoms with Gasteiger partial charge in [0, 0.05) is 17.1 Å². The van der Waals surface area contributed by atoms with Crippen LogP contribution in [0.1, 0.15) is 22.5 Å². The summed E-state index contributed by atoms with van der Waals surface area (Å²) in [5.74, 6) is 0.580. The minimum atomic E-state index is -0.0146. The van der Waals surface area contributed by atoms with E-state index in [1.54, 1.807) is 0 Å². The normalized spacial score (nSPS) is 16.4. The van der Waals surface area contributed by atoms with Crippen molar-refractivity contribution in [3.8, 4) is 0 Å². The van der Waals surface area contributed by atoms with Gasteiger partial charge in [0.2, 0.25) is 0 Å². The van der Waals surface area contributed by atoms with E-state index in [4.69, 9.17) is 5.73 Å². The second kappa shape index (κ2) is 6.00. The topological polar surface area (TPSA) is 55.1 Å². The van der Waals surface area contributed by atoms with Crippen molar-refractivity contribution in [2.24, 2.45) is 11.7 Å². The number of thiophene rings is 1. The molecule has 3 N–H and O–H groups in total. The van der Waals surface area contributed by atoms with E-state index in [9.17, 15) is 4.79 Å². The van der Waals surface area contributed by atoms with Gasteiger partial charge in [-0.3, -0.25) is 4.79 Å². The Morgan fingerprint density at radius 3 is 2.81 bits per heavy atom. The van der Waals surface area contributed by atoms with Crippen LogP contribution in [0.25, 0.3) is 0 Å². The van der Waals surface area contributed by atoms with Crippen molar-refractivity contribution in [1.29, 1.82) is 0 Å². The van der Waals surface area contributed by atoms with Gasteiger partial charge in [0.1, 0.15) is 4.88 Å². The highest BCUT2D eigenvalue weighted by atomic mass is 79.9. The SMILES string of the molecule is Cl.NCC(NC(=O)c1sccc1Br)C1CC1. The molecule has 0 aromatic carbocycles. The second-order valence-corrected chi connectivity index (χ2v) is 5.52. The average molecular weight is 326 g/mol. The largest absolute Gasteiger partial charge is 0.347 e. The molecule has 6 heteroatoms. The second-order valence-electron chi connectivity index (χ2n) is 3.75. The zero-order valence-corrected chi connectivity index (χ0v) is 11.8. The molecule has 1 aliphatic carbocycles. The molecule has 1 aliphatic rings. The maximum Gasteiger partial charge on any atom is 0.262 e. The van der Waals surface area contributed by atoms with Gasteiger partial charge in [-0.05, 0) is 46.1 Å². The molecule has 0 aliphatic heterocycles. The molecule has 1 aromatic heterocycles. The number of halogens is 2. The Morgan fingerprint density at radius 2 is 2.38 bits per heavy atom. The molecular weight excluding hydrogens is 312 g/mol. The Bertz CT molecular complexity index is 367. The lowest BCUT2D eigenvalue weighted by atomic mass is 10.2. The summed E-state index contributed by atoms with van der Waals surface area (Å²) in [4.78, 5) is 12.6. The molecule has 1 fully saturated rings. The van der Waals surface area contributed by atoms with Crippen LogP contribution in [0.15, 0.2) is 15.9 Å². The van der Waals surface area contributed by atoms with Gasteiger partial charge in [-0.25, -0.2) is 0 Å². The predicted molar refractivity (Wildman–Crippen MR) is 72.3 cm³/mol. The summed E-state index contributed by atoms with van der Waals surface area (Å²) in [5, 5.41) is 4.88. The van der Waals surface area contributed by atoms with Crippen LogP contribution in [0, 0.1) is 5.92 Å². The van der Waals surface area contributed by atoms with Crippen LogP contribution in [0.3, 0.4) is 0 Å². The molecule has 1 heterocycles. The van der Waals surface area contributed by atoms with E-state index < -0.39 is 0 Å². The fourth-order valence-electron chi connectivity index (χ4n) is 1.56. The number of nitrogens with two attached hydrogens (primary N) is 1. The zero-order valence-electron chi connectivity index (χ0n) is 8.61. The third-order valence-corrected chi connectivity index (χ3v) is 4.42. The number of rotatable bonds is 4. The van der Waals surface area contributed by atoms with Gasteiger partial charge < -0.3 is 11.1 Å². The molecule has 0 spiro atoms. The summed E-state index contributed by atoms with van der Waals surface area (Å²) in [6.45, 7) is 0.527. The maximum atomic E-state index is 11.8. The third kappa shape index (κ3) is 3.20. The Hall–Kier alpha value is -0.100. The highest BCUT2D eigenvalue weighted by Crippen LogP contribution is 2.32. The number of carbonyl (C=O) groups is 1. The smallest absolute Gasteiger partial charge is 0.262 e. The van der Waals surface area contributed by atoms with E-state index in [0.29, 0.717) is 12.5 Å². The van der Waals surface area contributed by atoms with Crippen molar-refractivity contribution in [2.75, 3.05) is 6.54 Å². The Labute approximate surface area is 113 Å². The standard InChI is InChI=1S/C10H13BrN2OS.ClH/c11-7-3-4-15-9(7)10(14)13-8(5-12)6-1-2-6;/h3-4,6,8H,1-2,5,12H2,(H,13,14);1H. The summed E-state index contributed by atoms with van der Waals surface area (Å²) in [7, 11) is 0. The van der Waals surface area contributed by atoms with E-state index in [-0.39, 0.29) is 24.4 Å². The molecule has 1 saturated carbocycles. The minimum absolute atomic E-state index is 0. The van der Waals surface area contributed by atoms with Crippen molar-refractivity contribution in [3.63, 3.8) is 0 Å². The summed E-state index contributed by atoms with van der Waals surface area (Å²) in [5.41, 5.74) is 5.63. The van der Waals surface area contributed by atoms with Gasteiger partial charge in [0.25, 0.3) is 5.91 Å². The summed E-state index contributed by atoms with van der Waals surface area (Å²) in [6, 6.07) is 2.03. The van der Waals surface area contributed by atoms with Crippen LogP contribution in [0.5, 0.6) is 0 Å². The molecule has 0 bridgehead atoms. The molecule has 3 nitrogen and oxygen atoms in total. The van der Waals surface area contributed by atoms with Gasteiger partial charge in [0.15, 0.2) is 0 Å². The van der Waals surface area contributed by atoms with Crippen LogP contribution in [0.4, 0.5) is 0 Å². The van der Waals surface area contributed by atoms with Crippen LogP contribution in [0.2, 0.25) is 0 Å². The molecule has 2 rings (SSSR count). The number of amides is 1. The first-order chi connectivity index (χ1) is 7.22. The first-order valence-corrected chi connectivity index (χ1v) is 6.63. The lowest BCUT2D eigenvalue weighted by molar-refractivity contribution is 0.0937. The Morgan fingerprint density at radius 1 is 1.69 bits per heavy atom. The first-order valence-electron chi connectivity index (χ1n) is 4.96. The number of carbonyl (C=O) groups excluding carboxylic acids is 1. The lowest BCUT2D eigenvalue weighted by Crippen LogP contribution is -2.41. The van der Waals surface area contributed by atoms with Gasteiger partial charge in [-0.1, -0.05) is 0 Å².